The van der Waals surface area contributed by atoms with Gasteiger partial charge in [-0.1, -0.05) is 6.07 Å². The van der Waals surface area contributed by atoms with Crippen molar-refractivity contribution in [1.29, 1.82) is 0 Å². The van der Waals surface area contributed by atoms with E-state index in [1.165, 1.54) is 18.2 Å². The second-order valence-corrected chi connectivity index (χ2v) is 4.50. The molecule has 110 valence electrons. The fourth-order valence-corrected chi connectivity index (χ4v) is 1.74. The quantitative estimate of drug-likeness (QED) is 0.698. The number of esters is 1. The lowest BCUT2D eigenvalue weighted by atomic mass is 10.1. The predicted molar refractivity (Wildman–Crippen MR) is 71.0 cm³/mol. The highest BCUT2D eigenvalue weighted by molar-refractivity contribution is 5.90. The van der Waals surface area contributed by atoms with Gasteiger partial charge in [-0.2, -0.15) is 0 Å². The molecule has 0 aromatic heterocycles. The number of rotatable bonds is 3. The third-order valence-corrected chi connectivity index (χ3v) is 2.98. The van der Waals surface area contributed by atoms with Crippen LogP contribution in [0.5, 0.6) is 0 Å². The van der Waals surface area contributed by atoms with E-state index in [1.807, 2.05) is 0 Å². The third kappa shape index (κ3) is 3.34. The van der Waals surface area contributed by atoms with Crippen molar-refractivity contribution in [1.82, 2.24) is 0 Å². The largest absolute Gasteiger partial charge is 0.457 e. The van der Waals surface area contributed by atoms with Gasteiger partial charge in [-0.3, -0.25) is 0 Å². The summed E-state index contributed by atoms with van der Waals surface area (Å²) >= 11 is 0. The minimum atomic E-state index is -1.07. The van der Waals surface area contributed by atoms with Crippen LogP contribution in [0.2, 0.25) is 0 Å². The van der Waals surface area contributed by atoms with Crippen molar-refractivity contribution in [3.8, 4) is 0 Å². The molecule has 0 aliphatic heterocycles. The van der Waals surface area contributed by atoms with Gasteiger partial charge in [0, 0.05) is 6.07 Å². The first-order chi connectivity index (χ1) is 9.88. The Morgan fingerprint density at radius 2 is 1.86 bits per heavy atom. The first-order valence-electron chi connectivity index (χ1n) is 6.05. The highest BCUT2D eigenvalue weighted by atomic mass is 19.1. The SMILES string of the molecule is Cc1ccc(F)cc1COC(=O)c1cc(N)c(F)cc1F. The van der Waals surface area contributed by atoms with Crippen molar-refractivity contribution in [3.63, 3.8) is 0 Å². The van der Waals surface area contributed by atoms with Gasteiger partial charge in [0.2, 0.25) is 0 Å². The van der Waals surface area contributed by atoms with Crippen LogP contribution in [-0.2, 0) is 11.3 Å². The van der Waals surface area contributed by atoms with E-state index in [0.29, 0.717) is 11.6 Å². The molecule has 2 rings (SSSR count). The second-order valence-electron chi connectivity index (χ2n) is 4.50. The molecule has 0 saturated heterocycles. The number of halogens is 3. The smallest absolute Gasteiger partial charge is 0.341 e. The van der Waals surface area contributed by atoms with Crippen LogP contribution in [0.15, 0.2) is 30.3 Å². The summed E-state index contributed by atoms with van der Waals surface area (Å²) in [5.74, 6) is -3.49. The number of nitrogen functional groups attached to an aromatic ring is 1. The van der Waals surface area contributed by atoms with Gasteiger partial charge < -0.3 is 10.5 Å². The second kappa shape index (κ2) is 5.87. The third-order valence-electron chi connectivity index (χ3n) is 2.98. The molecule has 0 spiro atoms. The average molecular weight is 295 g/mol. The Morgan fingerprint density at radius 1 is 1.14 bits per heavy atom. The van der Waals surface area contributed by atoms with Crippen molar-refractivity contribution in [2.75, 3.05) is 5.73 Å². The molecule has 0 bridgehead atoms. The first kappa shape index (κ1) is 14.9. The van der Waals surface area contributed by atoms with Crippen LogP contribution in [0.4, 0.5) is 18.9 Å². The molecular weight excluding hydrogens is 283 g/mol. The molecule has 2 N–H and O–H groups in total. The van der Waals surface area contributed by atoms with Crippen LogP contribution in [0.3, 0.4) is 0 Å². The van der Waals surface area contributed by atoms with E-state index in [-0.39, 0.29) is 12.3 Å². The molecule has 0 amide bonds. The molecular formula is C15H12F3NO2. The summed E-state index contributed by atoms with van der Waals surface area (Å²) in [4.78, 5) is 11.8. The number of hydrogen-bond donors (Lipinski definition) is 1. The van der Waals surface area contributed by atoms with Gasteiger partial charge in [0.25, 0.3) is 0 Å². The summed E-state index contributed by atoms with van der Waals surface area (Å²) < 4.78 is 44.5. The van der Waals surface area contributed by atoms with Gasteiger partial charge in [-0.25, -0.2) is 18.0 Å². The molecule has 0 heterocycles. The number of benzene rings is 2. The van der Waals surface area contributed by atoms with Gasteiger partial charge in [0.15, 0.2) is 0 Å². The van der Waals surface area contributed by atoms with E-state index >= 15 is 0 Å². The van der Waals surface area contributed by atoms with E-state index in [2.05, 4.69) is 0 Å². The molecule has 0 aliphatic rings. The summed E-state index contributed by atoms with van der Waals surface area (Å²) in [6.07, 6.45) is 0. The fraction of sp³-hybridized carbons (Fsp3) is 0.133. The van der Waals surface area contributed by atoms with Crippen molar-refractivity contribution >= 4 is 11.7 Å². The molecule has 0 radical (unpaired) electrons. The Hall–Kier alpha value is -2.50. The van der Waals surface area contributed by atoms with Crippen molar-refractivity contribution < 1.29 is 22.7 Å². The lowest BCUT2D eigenvalue weighted by molar-refractivity contribution is 0.0466. The van der Waals surface area contributed by atoms with Crippen LogP contribution in [0, 0.1) is 24.4 Å². The van der Waals surface area contributed by atoms with Crippen molar-refractivity contribution in [2.24, 2.45) is 0 Å². The van der Waals surface area contributed by atoms with E-state index in [4.69, 9.17) is 10.5 Å². The number of carbonyl (C=O) groups is 1. The Kier molecular flexibility index (Phi) is 4.16. The standard InChI is InChI=1S/C15H12F3NO2/c1-8-2-3-10(16)4-9(8)7-21-15(20)11-5-14(19)13(18)6-12(11)17/h2-6H,7,19H2,1H3. The zero-order valence-electron chi connectivity index (χ0n) is 11.1. The van der Waals surface area contributed by atoms with E-state index < -0.39 is 29.0 Å². The first-order valence-corrected chi connectivity index (χ1v) is 6.05. The lowest BCUT2D eigenvalue weighted by Gasteiger charge is -2.09. The van der Waals surface area contributed by atoms with Gasteiger partial charge >= 0.3 is 5.97 Å². The van der Waals surface area contributed by atoms with Crippen LogP contribution < -0.4 is 5.73 Å². The van der Waals surface area contributed by atoms with Crippen molar-refractivity contribution in [3.05, 3.63) is 64.5 Å². The summed E-state index contributed by atoms with van der Waals surface area (Å²) in [5, 5.41) is 0. The molecule has 0 atom stereocenters. The normalized spacial score (nSPS) is 10.5. The minimum absolute atomic E-state index is 0.223. The Morgan fingerprint density at radius 3 is 2.57 bits per heavy atom. The summed E-state index contributed by atoms with van der Waals surface area (Å²) in [5.41, 5.74) is 5.64. The number of anilines is 1. The highest BCUT2D eigenvalue weighted by Crippen LogP contribution is 2.19. The number of ether oxygens (including phenoxy) is 1. The molecule has 6 heteroatoms. The van der Waals surface area contributed by atoms with Gasteiger partial charge in [-0.05, 0) is 36.2 Å². The van der Waals surface area contributed by atoms with Gasteiger partial charge in [0.05, 0.1) is 11.3 Å². The van der Waals surface area contributed by atoms with Crippen LogP contribution in [0.25, 0.3) is 0 Å². The zero-order valence-corrected chi connectivity index (χ0v) is 11.1. The lowest BCUT2D eigenvalue weighted by Crippen LogP contribution is -2.10. The molecule has 0 fully saturated rings. The molecule has 0 aliphatic carbocycles. The number of hydrogen-bond acceptors (Lipinski definition) is 3. The molecule has 2 aromatic rings. The highest BCUT2D eigenvalue weighted by Gasteiger charge is 2.16. The Balaban J connectivity index is 2.15. The van der Waals surface area contributed by atoms with E-state index in [9.17, 15) is 18.0 Å². The molecule has 0 unspecified atom stereocenters. The van der Waals surface area contributed by atoms with Gasteiger partial charge in [-0.15, -0.1) is 0 Å². The van der Waals surface area contributed by atoms with Crippen LogP contribution >= 0.6 is 0 Å². The maximum absolute atomic E-state index is 13.5. The zero-order chi connectivity index (χ0) is 15.6. The predicted octanol–water partition coefficient (Wildman–Crippen LogP) is 3.35. The number of aryl methyl sites for hydroxylation is 1. The summed E-state index contributed by atoms with van der Waals surface area (Å²) in [6.45, 7) is 1.50. The molecule has 0 saturated carbocycles. The molecule has 3 nitrogen and oxygen atoms in total. The monoisotopic (exact) mass is 295 g/mol. The van der Waals surface area contributed by atoms with E-state index in [0.717, 1.165) is 11.6 Å². The van der Waals surface area contributed by atoms with E-state index in [1.54, 1.807) is 6.92 Å². The van der Waals surface area contributed by atoms with Gasteiger partial charge in [0.1, 0.15) is 24.1 Å². The van der Waals surface area contributed by atoms with Crippen LogP contribution in [0.1, 0.15) is 21.5 Å². The minimum Gasteiger partial charge on any atom is -0.457 e. The number of nitrogens with two attached hydrogens (primary N) is 1. The summed E-state index contributed by atoms with van der Waals surface area (Å²) in [7, 11) is 0. The Labute approximate surface area is 119 Å². The summed E-state index contributed by atoms with van der Waals surface area (Å²) in [6, 6.07) is 5.42. The molecule has 21 heavy (non-hydrogen) atoms. The Bertz CT molecular complexity index is 702. The van der Waals surface area contributed by atoms with Crippen LogP contribution in [-0.4, -0.2) is 5.97 Å². The molecule has 2 aromatic carbocycles. The maximum atomic E-state index is 13.5. The average Bonchev–Trinajstić information content (AvgIpc) is 2.43. The number of carbonyl (C=O) groups excluding carboxylic acids is 1. The van der Waals surface area contributed by atoms with Crippen molar-refractivity contribution in [2.45, 2.75) is 13.5 Å². The maximum Gasteiger partial charge on any atom is 0.341 e. The topological polar surface area (TPSA) is 52.3 Å². The fourth-order valence-electron chi connectivity index (χ4n) is 1.74.